The third-order valence-electron chi connectivity index (χ3n) is 4.36. The number of ether oxygens (including phenoxy) is 3. The summed E-state index contributed by atoms with van der Waals surface area (Å²) in [5, 5.41) is 5.20. The van der Waals surface area contributed by atoms with Gasteiger partial charge in [0.15, 0.2) is 0 Å². The van der Waals surface area contributed by atoms with Crippen LogP contribution >= 0.6 is 0 Å². The number of hydrogen-bond acceptors (Lipinski definition) is 3. The van der Waals surface area contributed by atoms with Gasteiger partial charge in [-0.05, 0) is 32.7 Å². The fourth-order valence-electron chi connectivity index (χ4n) is 3.09. The van der Waals surface area contributed by atoms with Crippen LogP contribution in [-0.4, -0.2) is 41.7 Å². The van der Waals surface area contributed by atoms with Gasteiger partial charge in [-0.3, -0.25) is 0 Å². The van der Waals surface area contributed by atoms with Crippen molar-refractivity contribution in [3.63, 3.8) is 0 Å². The first-order valence-corrected chi connectivity index (χ1v) is 9.60. The lowest BCUT2D eigenvalue weighted by Crippen LogP contribution is -1.96. The maximum Gasteiger partial charge on any atom is 0.0696 e. The average molecular weight is 391 g/mol. The smallest absolute Gasteiger partial charge is 0.0696 e. The van der Waals surface area contributed by atoms with Gasteiger partial charge in [-0.25, -0.2) is 0 Å². The molecule has 4 aromatic rings. The van der Waals surface area contributed by atoms with E-state index in [-0.39, 0.29) is 0 Å². The van der Waals surface area contributed by atoms with E-state index in [4.69, 9.17) is 0 Å². The molecule has 3 nitrogen and oxygen atoms in total. The highest BCUT2D eigenvalue weighted by Gasteiger charge is 2.06. The van der Waals surface area contributed by atoms with Crippen LogP contribution < -0.4 is 0 Å². The van der Waals surface area contributed by atoms with Gasteiger partial charge in [0.2, 0.25) is 0 Å². The molecular weight excluding hydrogens is 360 g/mol. The Bertz CT molecular complexity index is 903. The van der Waals surface area contributed by atoms with Crippen molar-refractivity contribution in [2.45, 2.75) is 0 Å². The molecule has 0 N–H and O–H groups in total. The molecule has 3 heteroatoms. The second-order valence-electron chi connectivity index (χ2n) is 6.45. The van der Waals surface area contributed by atoms with Crippen LogP contribution in [0.5, 0.6) is 0 Å². The summed E-state index contributed by atoms with van der Waals surface area (Å²) in [5.74, 6) is 0. The molecule has 4 rings (SSSR count). The molecule has 0 aliphatic carbocycles. The minimum Gasteiger partial charge on any atom is -0.388 e. The van der Waals surface area contributed by atoms with Gasteiger partial charge < -0.3 is 14.2 Å². The summed E-state index contributed by atoms with van der Waals surface area (Å²) in [4.78, 5) is 0. The summed E-state index contributed by atoms with van der Waals surface area (Å²) in [6.07, 6.45) is 0. The van der Waals surface area contributed by atoms with Crippen molar-refractivity contribution in [3.05, 3.63) is 84.9 Å². The van der Waals surface area contributed by atoms with Crippen LogP contribution in [-0.2, 0) is 14.2 Å². The Labute approximate surface area is 173 Å². The maximum absolute atomic E-state index is 4.66. The highest BCUT2D eigenvalue weighted by molar-refractivity contribution is 6.05. The molecule has 0 saturated heterocycles. The van der Waals surface area contributed by atoms with Crippen LogP contribution in [0.1, 0.15) is 0 Å². The topological polar surface area (TPSA) is 27.7 Å². The molecule has 0 atom stereocenters. The average Bonchev–Trinajstić information content (AvgIpc) is 2.78. The first-order valence-electron chi connectivity index (χ1n) is 9.60. The van der Waals surface area contributed by atoms with Gasteiger partial charge in [-0.15, -0.1) is 0 Å². The highest BCUT2D eigenvalue weighted by atomic mass is 16.5. The Hall–Kier alpha value is -2.72. The lowest BCUT2D eigenvalue weighted by molar-refractivity contribution is 0.103. The van der Waals surface area contributed by atoms with E-state index in [9.17, 15) is 0 Å². The van der Waals surface area contributed by atoms with E-state index in [1.165, 1.54) is 32.7 Å². The van der Waals surface area contributed by atoms with Gasteiger partial charge in [0.1, 0.15) is 0 Å². The molecule has 0 fully saturated rings. The van der Waals surface area contributed by atoms with E-state index >= 15 is 0 Å². The van der Waals surface area contributed by atoms with E-state index in [1.54, 1.807) is 28.4 Å². The molecule has 0 unspecified atom stereocenters. The number of hydrogen-bond donors (Lipinski definition) is 0. The Morgan fingerprint density at radius 1 is 0.483 bits per heavy atom. The van der Waals surface area contributed by atoms with Crippen molar-refractivity contribution < 1.29 is 14.2 Å². The van der Waals surface area contributed by atoms with Crippen molar-refractivity contribution in [3.8, 4) is 11.1 Å². The van der Waals surface area contributed by atoms with Gasteiger partial charge in [-0.2, -0.15) is 0 Å². The van der Waals surface area contributed by atoms with Crippen molar-refractivity contribution in [1.82, 2.24) is 0 Å². The first-order chi connectivity index (χ1) is 14.3. The van der Waals surface area contributed by atoms with E-state index in [1.807, 2.05) is 0 Å². The summed E-state index contributed by atoms with van der Waals surface area (Å²) in [6.45, 7) is 1.38. The molecule has 0 spiro atoms. The van der Waals surface area contributed by atoms with Crippen LogP contribution in [0.25, 0.3) is 32.7 Å². The van der Waals surface area contributed by atoms with Crippen LogP contribution in [0.15, 0.2) is 84.9 Å². The largest absolute Gasteiger partial charge is 0.388 e. The second kappa shape index (κ2) is 12.7. The zero-order valence-corrected chi connectivity index (χ0v) is 17.7. The molecule has 0 aliphatic heterocycles. The summed E-state index contributed by atoms with van der Waals surface area (Å²) < 4.78 is 13.6. The number of methoxy groups -OCH3 is 3. The Kier molecular flexibility index (Phi) is 9.87. The monoisotopic (exact) mass is 390 g/mol. The zero-order chi connectivity index (χ0) is 20.9. The molecule has 0 amide bonds. The second-order valence-corrected chi connectivity index (χ2v) is 6.45. The van der Waals surface area contributed by atoms with Crippen molar-refractivity contribution in [1.29, 1.82) is 0 Å². The van der Waals surface area contributed by atoms with Gasteiger partial charge >= 0.3 is 0 Å². The van der Waals surface area contributed by atoms with E-state index < -0.39 is 0 Å². The quantitative estimate of drug-likeness (QED) is 0.388. The van der Waals surface area contributed by atoms with Gasteiger partial charge in [0.05, 0.1) is 13.2 Å². The van der Waals surface area contributed by atoms with Crippen LogP contribution in [0.4, 0.5) is 0 Å². The number of benzene rings is 4. The molecule has 0 saturated carbocycles. The molecular formula is C26H30O3. The molecule has 4 aromatic carbocycles. The fourth-order valence-corrected chi connectivity index (χ4v) is 3.09. The van der Waals surface area contributed by atoms with Crippen molar-refractivity contribution >= 4 is 21.5 Å². The molecule has 0 aliphatic rings. The molecule has 152 valence electrons. The van der Waals surface area contributed by atoms with Crippen LogP contribution in [0, 0.1) is 0 Å². The molecule has 0 aromatic heterocycles. The Morgan fingerprint density at radius 2 is 0.828 bits per heavy atom. The number of fused-ring (bicyclic) bond motifs is 2. The molecule has 0 bridgehead atoms. The summed E-state index contributed by atoms with van der Waals surface area (Å²) in [6, 6.07) is 30.2. The third-order valence-corrected chi connectivity index (χ3v) is 4.36. The lowest BCUT2D eigenvalue weighted by atomic mass is 9.94. The molecule has 29 heavy (non-hydrogen) atoms. The van der Waals surface area contributed by atoms with Crippen molar-refractivity contribution in [2.75, 3.05) is 41.7 Å². The van der Waals surface area contributed by atoms with E-state index in [2.05, 4.69) is 99.1 Å². The van der Waals surface area contributed by atoms with E-state index in [0.29, 0.717) is 13.2 Å². The predicted molar refractivity (Wildman–Crippen MR) is 124 cm³/mol. The maximum atomic E-state index is 4.66. The van der Waals surface area contributed by atoms with Crippen LogP contribution in [0.3, 0.4) is 0 Å². The Morgan fingerprint density at radius 3 is 1.21 bits per heavy atom. The zero-order valence-electron chi connectivity index (χ0n) is 17.7. The standard InChI is InChI=1S/C20H14.C4H10O2.C2H6O/c1-3-11-17-15(7-1)9-5-13-19(17)20-14-6-10-16-8-2-4-12-18(16)20;1-5-3-4-6-2;1-3-2/h1-14H;3-4H2,1-2H3;1-2H3. The highest BCUT2D eigenvalue weighted by Crippen LogP contribution is 2.33. The summed E-state index contributed by atoms with van der Waals surface area (Å²) >= 11 is 0. The SMILES string of the molecule is COC.COCCOC.c1ccc2c(-c3cccc4ccccc34)cccc2c1. The minimum absolute atomic E-state index is 0.691. The number of rotatable bonds is 4. The molecule has 0 radical (unpaired) electrons. The predicted octanol–water partition coefficient (Wildman–Crippen LogP) is 6.20. The molecule has 0 heterocycles. The summed E-state index contributed by atoms with van der Waals surface area (Å²) in [7, 11) is 6.55. The summed E-state index contributed by atoms with van der Waals surface area (Å²) in [5.41, 5.74) is 2.61. The van der Waals surface area contributed by atoms with Crippen molar-refractivity contribution in [2.24, 2.45) is 0 Å². The Balaban J connectivity index is 0.000000285. The van der Waals surface area contributed by atoms with Crippen LogP contribution in [0.2, 0.25) is 0 Å². The minimum atomic E-state index is 0.691. The third kappa shape index (κ3) is 6.40. The van der Waals surface area contributed by atoms with Gasteiger partial charge in [0.25, 0.3) is 0 Å². The first kappa shape index (κ1) is 22.6. The van der Waals surface area contributed by atoms with Gasteiger partial charge in [0, 0.05) is 28.4 Å². The van der Waals surface area contributed by atoms with E-state index in [0.717, 1.165) is 0 Å². The fraction of sp³-hybridized carbons (Fsp3) is 0.231. The normalized spacial score (nSPS) is 10.1. The van der Waals surface area contributed by atoms with Gasteiger partial charge in [-0.1, -0.05) is 84.9 Å². The lowest BCUT2D eigenvalue weighted by Gasteiger charge is -2.10.